The van der Waals surface area contributed by atoms with Crippen LogP contribution in [-0.4, -0.2) is 37.6 Å². The van der Waals surface area contributed by atoms with E-state index in [0.29, 0.717) is 12.8 Å². The van der Waals surface area contributed by atoms with Crippen molar-refractivity contribution in [3.8, 4) is 0 Å². The number of aryl methyl sites for hydroxylation is 1. The van der Waals surface area contributed by atoms with Gasteiger partial charge in [0, 0.05) is 7.26 Å². The Kier molecular flexibility index (Phi) is 47.2. The molecule has 0 heterocycles. The molecule has 0 unspecified atom stereocenters. The van der Waals surface area contributed by atoms with Gasteiger partial charge in [0.25, 0.3) is 10.1 Å². The molecule has 0 aliphatic carbocycles. The van der Waals surface area contributed by atoms with Gasteiger partial charge in [-0.1, -0.05) is 266 Å². The molecule has 1 aromatic carbocycles. The van der Waals surface area contributed by atoms with E-state index in [-0.39, 0.29) is 0 Å². The van der Waals surface area contributed by atoms with Gasteiger partial charge in [0.1, 0.15) is 4.75 Å². The molecule has 0 amide bonds. The molecule has 0 aromatic heterocycles. The molecule has 5 heteroatoms. The molecule has 0 radical (unpaired) electrons. The normalized spacial score (nSPS) is 12.2. The average molecular weight is 993 g/mol. The fourth-order valence-corrected chi connectivity index (χ4v) is 17.3. The lowest BCUT2D eigenvalue weighted by Gasteiger charge is -2.34. The number of unbranched alkanes of at least 4 members (excludes halogenated alkanes) is 32. The molecule has 1 aromatic rings. The topological polar surface area (TPSA) is 54.4 Å². The van der Waals surface area contributed by atoms with Gasteiger partial charge in [0.15, 0.2) is 0 Å². The molecule has 0 atom stereocenters. The van der Waals surface area contributed by atoms with E-state index in [1.165, 1.54) is 178 Å². The lowest BCUT2D eigenvalue weighted by Crippen LogP contribution is -2.37. The highest BCUT2D eigenvalue weighted by atomic mass is 32.2. The van der Waals surface area contributed by atoms with Gasteiger partial charge in [-0.3, -0.25) is 4.55 Å². The standard InChI is InChI=1S/C32H68P.C31H56O3S/c1-5-9-13-17-18-19-20-21-22-23-24-28-32-33(29-25-14-10-6-2,30-26-15-11-7-3)31-27-16-12-8-4;1-5-9-13-17-22-28-23-21-25-30(29(28)24-18-14-10-6-2)31(35(32,33)34,26-19-15-11-7-3)27-20-16-12-8-4/h5-32H2,1-4H3;21,23,25H,5-20,22,24,26-27H2,1-4H3,(H,32,33,34)/q+1;. The molecule has 0 saturated carbocycles. The van der Waals surface area contributed by atoms with E-state index in [0.717, 1.165) is 82.6 Å². The molecule has 0 saturated heterocycles. The van der Waals surface area contributed by atoms with Crippen molar-refractivity contribution in [3.63, 3.8) is 0 Å². The van der Waals surface area contributed by atoms with E-state index in [2.05, 4.69) is 67.5 Å². The van der Waals surface area contributed by atoms with Gasteiger partial charge >= 0.3 is 0 Å². The molecule has 68 heavy (non-hydrogen) atoms. The molecular weight excluding hydrogens is 868 g/mol. The molecule has 3 nitrogen and oxygen atoms in total. The Morgan fingerprint density at radius 1 is 0.368 bits per heavy atom. The zero-order chi connectivity index (χ0) is 50.3. The average Bonchev–Trinajstić information content (AvgIpc) is 3.33. The molecule has 0 aliphatic rings. The van der Waals surface area contributed by atoms with Crippen LogP contribution in [0.25, 0.3) is 0 Å². The Bertz CT molecular complexity index is 1270. The van der Waals surface area contributed by atoms with Crippen molar-refractivity contribution in [2.24, 2.45) is 0 Å². The molecule has 404 valence electrons. The molecule has 0 fully saturated rings. The Hall–Kier alpha value is -0.440. The summed E-state index contributed by atoms with van der Waals surface area (Å²) in [4.78, 5) is 0. The van der Waals surface area contributed by atoms with Crippen LogP contribution in [0.5, 0.6) is 0 Å². The lowest BCUT2D eigenvalue weighted by molar-refractivity contribution is 0.373. The maximum Gasteiger partial charge on any atom is 0.274 e. The minimum atomic E-state index is -4.26. The first-order valence-electron chi connectivity index (χ1n) is 31.1. The van der Waals surface area contributed by atoms with E-state index in [1.54, 1.807) is 50.3 Å². The van der Waals surface area contributed by atoms with Crippen LogP contribution in [0.2, 0.25) is 0 Å². The quantitative estimate of drug-likeness (QED) is 0.0402. The Balaban J connectivity index is 0.00000132. The second-order valence-electron chi connectivity index (χ2n) is 22.0. The predicted molar refractivity (Wildman–Crippen MR) is 313 cm³/mol. The van der Waals surface area contributed by atoms with Gasteiger partial charge in [0.2, 0.25) is 0 Å². The van der Waals surface area contributed by atoms with Crippen LogP contribution in [0.1, 0.15) is 342 Å². The van der Waals surface area contributed by atoms with Crippen LogP contribution in [0.15, 0.2) is 18.2 Å². The zero-order valence-electron chi connectivity index (χ0n) is 47.8. The predicted octanol–water partition coefficient (Wildman–Crippen LogP) is 22.4. The van der Waals surface area contributed by atoms with Gasteiger partial charge in [-0.15, -0.1) is 0 Å². The Labute approximate surface area is 430 Å². The van der Waals surface area contributed by atoms with E-state index >= 15 is 0 Å². The van der Waals surface area contributed by atoms with Crippen molar-refractivity contribution in [1.82, 2.24) is 0 Å². The van der Waals surface area contributed by atoms with Gasteiger partial charge in [0.05, 0.1) is 24.6 Å². The van der Waals surface area contributed by atoms with Crippen molar-refractivity contribution >= 4 is 17.4 Å². The summed E-state index contributed by atoms with van der Waals surface area (Å²) in [5.74, 6) is 0. The molecule has 0 aliphatic heterocycles. The van der Waals surface area contributed by atoms with Crippen molar-refractivity contribution in [1.29, 1.82) is 0 Å². The molecule has 1 rings (SSSR count). The first-order valence-corrected chi connectivity index (χ1v) is 35.0. The van der Waals surface area contributed by atoms with Gasteiger partial charge in [-0.05, 0) is 107 Å². The third kappa shape index (κ3) is 33.3. The fraction of sp³-hybridized carbons (Fsp3) is 0.905. The van der Waals surface area contributed by atoms with E-state index < -0.39 is 22.1 Å². The number of rotatable bonds is 50. The first kappa shape index (κ1) is 67.6. The highest BCUT2D eigenvalue weighted by Crippen LogP contribution is 2.61. The van der Waals surface area contributed by atoms with Crippen LogP contribution >= 0.6 is 7.26 Å². The van der Waals surface area contributed by atoms with Gasteiger partial charge < -0.3 is 0 Å². The van der Waals surface area contributed by atoms with Crippen molar-refractivity contribution < 1.29 is 13.0 Å². The first-order chi connectivity index (χ1) is 33.1. The van der Waals surface area contributed by atoms with Crippen molar-refractivity contribution in [3.05, 3.63) is 34.9 Å². The molecule has 1 N–H and O–H groups in total. The van der Waals surface area contributed by atoms with Crippen molar-refractivity contribution in [2.45, 2.75) is 343 Å². The van der Waals surface area contributed by atoms with Crippen LogP contribution in [0, 0.1) is 0 Å². The monoisotopic (exact) mass is 992 g/mol. The van der Waals surface area contributed by atoms with Crippen molar-refractivity contribution in [2.75, 3.05) is 24.6 Å². The second kappa shape index (κ2) is 47.6. The zero-order valence-corrected chi connectivity index (χ0v) is 49.5. The van der Waals surface area contributed by atoms with Crippen LogP contribution < -0.4 is 0 Å². The van der Waals surface area contributed by atoms with E-state index in [1.807, 2.05) is 6.07 Å². The third-order valence-corrected chi connectivity index (χ3v) is 22.3. The summed E-state index contributed by atoms with van der Waals surface area (Å²) < 4.78 is 36.2. The molecule has 0 spiro atoms. The molecule has 0 bridgehead atoms. The van der Waals surface area contributed by atoms with E-state index in [9.17, 15) is 13.0 Å². The SMILES string of the molecule is CCCCCCCCCCCCCC[P+](CCCCCC)(CCCCCC)CCCCCC.CCCCCCc1cccc(C(CCCCCC)(CCCCCC)S(=O)(=O)O)c1CCCCCC. The summed E-state index contributed by atoms with van der Waals surface area (Å²) in [6.45, 7) is 18.2. The maximum absolute atomic E-state index is 13.3. The summed E-state index contributed by atoms with van der Waals surface area (Å²) >= 11 is 0. The summed E-state index contributed by atoms with van der Waals surface area (Å²) in [6.07, 6.45) is 62.7. The van der Waals surface area contributed by atoms with E-state index in [4.69, 9.17) is 0 Å². The minimum Gasteiger partial charge on any atom is -0.285 e. The number of benzene rings is 1. The van der Waals surface area contributed by atoms with Crippen LogP contribution in [0.3, 0.4) is 0 Å². The molecular formula is C63H124O3PS+. The summed E-state index contributed by atoms with van der Waals surface area (Å²) in [5.41, 5.74) is 3.45. The summed E-state index contributed by atoms with van der Waals surface area (Å²) in [7, 11) is -4.95. The van der Waals surface area contributed by atoms with Crippen LogP contribution in [0.4, 0.5) is 0 Å². The number of hydrogen-bond acceptors (Lipinski definition) is 2. The highest BCUT2D eigenvalue weighted by Gasteiger charge is 2.45. The second-order valence-corrected chi connectivity index (χ2v) is 28.2. The highest BCUT2D eigenvalue weighted by molar-refractivity contribution is 7.86. The largest absolute Gasteiger partial charge is 0.285 e. The maximum atomic E-state index is 13.3. The third-order valence-electron chi connectivity index (χ3n) is 15.7. The summed E-state index contributed by atoms with van der Waals surface area (Å²) in [6, 6.07) is 6.31. The smallest absolute Gasteiger partial charge is 0.274 e. The summed E-state index contributed by atoms with van der Waals surface area (Å²) in [5, 5.41) is 0. The van der Waals surface area contributed by atoms with Gasteiger partial charge in [-0.2, -0.15) is 8.42 Å². The Morgan fingerprint density at radius 3 is 0.985 bits per heavy atom. The van der Waals surface area contributed by atoms with Gasteiger partial charge in [-0.25, -0.2) is 0 Å². The minimum absolute atomic E-state index is 0.527. The lowest BCUT2D eigenvalue weighted by atomic mass is 9.81. The Morgan fingerprint density at radius 2 is 0.647 bits per heavy atom. The number of hydrogen-bond donors (Lipinski definition) is 1. The van der Waals surface area contributed by atoms with Crippen LogP contribution in [-0.2, 0) is 27.7 Å². The fourth-order valence-electron chi connectivity index (χ4n) is 11.1.